The van der Waals surface area contributed by atoms with Gasteiger partial charge in [-0.15, -0.1) is 0 Å². The summed E-state index contributed by atoms with van der Waals surface area (Å²) in [5, 5.41) is 14.9. The molecule has 1 aliphatic heterocycles. The zero-order chi connectivity index (χ0) is 19.1. The zero-order valence-corrected chi connectivity index (χ0v) is 14.5. The Balaban J connectivity index is 1.68. The van der Waals surface area contributed by atoms with E-state index in [1.165, 1.54) is 11.2 Å². The van der Waals surface area contributed by atoms with Crippen molar-refractivity contribution in [1.29, 1.82) is 0 Å². The molecule has 0 radical (unpaired) electrons. The fraction of sp³-hybridized carbons (Fsp3) is 0.278. The quantitative estimate of drug-likeness (QED) is 0.694. The van der Waals surface area contributed by atoms with Gasteiger partial charge in [-0.2, -0.15) is 5.10 Å². The van der Waals surface area contributed by atoms with Crippen LogP contribution in [-0.2, 0) is 29.1 Å². The van der Waals surface area contributed by atoms with Gasteiger partial charge >= 0.3 is 5.97 Å². The van der Waals surface area contributed by atoms with Gasteiger partial charge in [-0.25, -0.2) is 14.5 Å². The summed E-state index contributed by atoms with van der Waals surface area (Å²) in [5.74, 6) is -1.58. The summed E-state index contributed by atoms with van der Waals surface area (Å²) >= 11 is 0. The summed E-state index contributed by atoms with van der Waals surface area (Å²) in [5.41, 5.74) is 1.59. The van der Waals surface area contributed by atoms with Crippen molar-refractivity contribution >= 4 is 22.6 Å². The Morgan fingerprint density at radius 3 is 2.78 bits per heavy atom. The van der Waals surface area contributed by atoms with Crippen molar-refractivity contribution in [1.82, 2.24) is 24.6 Å². The number of fused-ring (bicyclic) bond motifs is 2. The number of nitrogens with zero attached hydrogens (tertiary/aromatic N) is 4. The highest BCUT2D eigenvalue weighted by atomic mass is 16.4. The van der Waals surface area contributed by atoms with Crippen molar-refractivity contribution in [2.24, 2.45) is 0 Å². The molecular weight excluding hydrogens is 350 g/mol. The highest BCUT2D eigenvalue weighted by Gasteiger charge is 2.36. The Bertz CT molecular complexity index is 1120. The Hall–Kier alpha value is -3.49. The van der Waals surface area contributed by atoms with Crippen molar-refractivity contribution in [2.45, 2.75) is 32.5 Å². The van der Waals surface area contributed by atoms with Crippen LogP contribution in [0, 0.1) is 6.92 Å². The lowest BCUT2D eigenvalue weighted by molar-refractivity contribution is -0.151. The first-order chi connectivity index (χ1) is 13.0. The molecule has 3 heterocycles. The SMILES string of the molecule is Cc1nn(CC(=O)N2Cc3[nH]cnc3C[C@H]2C(=O)O)c(=O)c2ccccc12. The number of aliphatic carboxylic acids is 1. The van der Waals surface area contributed by atoms with Crippen molar-refractivity contribution in [3.05, 3.63) is 58.0 Å². The van der Waals surface area contributed by atoms with E-state index in [1.54, 1.807) is 25.1 Å². The number of imidazole rings is 1. The standard InChI is InChI=1S/C18H17N5O4/c1-10-11-4-2-3-5-12(11)17(25)23(21-10)8-16(24)22-7-14-13(19-9-20-14)6-15(22)18(26)27/h2-5,9,15H,6-8H2,1H3,(H,19,20)(H,26,27)/t15-/m0/s1. The van der Waals surface area contributed by atoms with E-state index in [4.69, 9.17) is 0 Å². The predicted octanol–water partition coefficient (Wildman–Crippen LogP) is 0.466. The maximum absolute atomic E-state index is 12.8. The van der Waals surface area contributed by atoms with Crippen LogP contribution in [0.25, 0.3) is 10.8 Å². The van der Waals surface area contributed by atoms with E-state index in [2.05, 4.69) is 15.1 Å². The summed E-state index contributed by atoms with van der Waals surface area (Å²) in [6.45, 7) is 1.55. The highest BCUT2D eigenvalue weighted by molar-refractivity contribution is 5.85. The lowest BCUT2D eigenvalue weighted by atomic mass is 10.0. The number of aromatic nitrogens is 4. The van der Waals surface area contributed by atoms with Gasteiger partial charge in [0.25, 0.3) is 5.56 Å². The van der Waals surface area contributed by atoms with Gasteiger partial charge in [-0.05, 0) is 13.0 Å². The van der Waals surface area contributed by atoms with E-state index in [1.807, 2.05) is 6.07 Å². The van der Waals surface area contributed by atoms with E-state index in [-0.39, 0.29) is 25.1 Å². The Morgan fingerprint density at radius 1 is 1.30 bits per heavy atom. The minimum atomic E-state index is -1.10. The van der Waals surface area contributed by atoms with Gasteiger partial charge in [0.2, 0.25) is 5.91 Å². The molecular formula is C18H17N5O4. The molecule has 0 saturated carbocycles. The van der Waals surface area contributed by atoms with E-state index in [0.717, 1.165) is 10.1 Å². The number of carbonyl (C=O) groups is 2. The predicted molar refractivity (Wildman–Crippen MR) is 95.0 cm³/mol. The first kappa shape index (κ1) is 17.0. The lowest BCUT2D eigenvalue weighted by Gasteiger charge is -2.32. The number of carbonyl (C=O) groups excluding carboxylic acids is 1. The molecule has 27 heavy (non-hydrogen) atoms. The Labute approximate surface area is 153 Å². The molecule has 0 unspecified atom stereocenters. The normalized spacial score (nSPS) is 16.3. The topological polar surface area (TPSA) is 121 Å². The minimum Gasteiger partial charge on any atom is -0.480 e. The van der Waals surface area contributed by atoms with E-state index >= 15 is 0 Å². The van der Waals surface area contributed by atoms with Gasteiger partial charge in [-0.1, -0.05) is 18.2 Å². The van der Waals surface area contributed by atoms with Crippen molar-refractivity contribution < 1.29 is 14.7 Å². The van der Waals surface area contributed by atoms with Crippen LogP contribution >= 0.6 is 0 Å². The third kappa shape index (κ3) is 2.86. The Morgan fingerprint density at radius 2 is 2.04 bits per heavy atom. The Kier molecular flexibility index (Phi) is 3.98. The number of benzene rings is 1. The van der Waals surface area contributed by atoms with Crippen LogP contribution in [0.2, 0.25) is 0 Å². The number of hydrogen-bond donors (Lipinski definition) is 2. The van der Waals surface area contributed by atoms with Crippen LogP contribution in [-0.4, -0.2) is 47.7 Å². The summed E-state index contributed by atoms with van der Waals surface area (Å²) in [6.07, 6.45) is 1.61. The van der Waals surface area contributed by atoms with Crippen LogP contribution in [0.3, 0.4) is 0 Å². The first-order valence-electron chi connectivity index (χ1n) is 8.45. The van der Waals surface area contributed by atoms with Gasteiger partial charge in [0.05, 0.1) is 35.3 Å². The molecule has 2 aromatic heterocycles. The number of hydrogen-bond acceptors (Lipinski definition) is 5. The summed E-state index contributed by atoms with van der Waals surface area (Å²) in [4.78, 5) is 45.4. The van der Waals surface area contributed by atoms with E-state index in [9.17, 15) is 19.5 Å². The second kappa shape index (κ2) is 6.35. The second-order valence-electron chi connectivity index (χ2n) is 6.50. The fourth-order valence-corrected chi connectivity index (χ4v) is 3.45. The number of carboxylic acids is 1. The highest BCUT2D eigenvalue weighted by Crippen LogP contribution is 2.21. The molecule has 1 aliphatic rings. The number of carboxylic acid groups (broad SMARTS) is 1. The number of H-pyrrole nitrogens is 1. The maximum Gasteiger partial charge on any atom is 0.326 e. The smallest absolute Gasteiger partial charge is 0.326 e. The number of aryl methyl sites for hydroxylation is 1. The lowest BCUT2D eigenvalue weighted by Crippen LogP contribution is -2.50. The first-order valence-corrected chi connectivity index (χ1v) is 8.45. The largest absolute Gasteiger partial charge is 0.480 e. The zero-order valence-electron chi connectivity index (χ0n) is 14.5. The molecule has 3 aromatic rings. The van der Waals surface area contributed by atoms with Gasteiger partial charge in [0, 0.05) is 11.8 Å². The molecule has 9 nitrogen and oxygen atoms in total. The van der Waals surface area contributed by atoms with Crippen LogP contribution in [0.15, 0.2) is 35.4 Å². The van der Waals surface area contributed by atoms with E-state index in [0.29, 0.717) is 22.5 Å². The molecule has 2 N–H and O–H groups in total. The van der Waals surface area contributed by atoms with E-state index < -0.39 is 17.9 Å². The minimum absolute atomic E-state index is 0.104. The average molecular weight is 367 g/mol. The monoisotopic (exact) mass is 367 g/mol. The molecule has 1 aromatic carbocycles. The second-order valence-corrected chi connectivity index (χ2v) is 6.50. The molecule has 1 atom stereocenters. The fourth-order valence-electron chi connectivity index (χ4n) is 3.45. The van der Waals surface area contributed by atoms with Crippen molar-refractivity contribution in [3.8, 4) is 0 Å². The molecule has 138 valence electrons. The molecule has 0 aliphatic carbocycles. The third-order valence-electron chi connectivity index (χ3n) is 4.84. The average Bonchev–Trinajstić information content (AvgIpc) is 3.12. The van der Waals surface area contributed by atoms with Crippen molar-refractivity contribution in [3.63, 3.8) is 0 Å². The molecule has 0 bridgehead atoms. The molecule has 1 amide bonds. The van der Waals surface area contributed by atoms with Crippen LogP contribution in [0.1, 0.15) is 17.1 Å². The maximum atomic E-state index is 12.8. The molecule has 4 rings (SSSR count). The summed E-state index contributed by atoms with van der Waals surface area (Å²) < 4.78 is 1.10. The molecule has 0 spiro atoms. The van der Waals surface area contributed by atoms with Gasteiger partial charge < -0.3 is 15.0 Å². The summed E-state index contributed by atoms with van der Waals surface area (Å²) in [6, 6.07) is 6.03. The van der Waals surface area contributed by atoms with Gasteiger partial charge in [0.1, 0.15) is 12.6 Å². The van der Waals surface area contributed by atoms with Crippen LogP contribution in [0.4, 0.5) is 0 Å². The number of amides is 1. The number of rotatable bonds is 3. The van der Waals surface area contributed by atoms with Crippen molar-refractivity contribution in [2.75, 3.05) is 0 Å². The summed E-state index contributed by atoms with van der Waals surface area (Å²) in [7, 11) is 0. The van der Waals surface area contributed by atoms with Crippen LogP contribution < -0.4 is 5.56 Å². The number of nitrogens with one attached hydrogen (secondary N) is 1. The molecule has 9 heteroatoms. The molecule has 0 saturated heterocycles. The van der Waals surface area contributed by atoms with Gasteiger partial charge in [-0.3, -0.25) is 9.59 Å². The van der Waals surface area contributed by atoms with Gasteiger partial charge in [0.15, 0.2) is 0 Å². The third-order valence-corrected chi connectivity index (χ3v) is 4.84. The van der Waals surface area contributed by atoms with Crippen LogP contribution in [0.5, 0.6) is 0 Å². The number of aromatic amines is 1. The molecule has 0 fully saturated rings.